The molecule has 1 N–H and O–H groups in total. The molecule has 162 valence electrons. The molecule has 3 rings (SSSR count). The molecular formula is C24H31Cl2N3O. The zero-order valence-corrected chi connectivity index (χ0v) is 19.3. The first-order chi connectivity index (χ1) is 14.5. The van der Waals surface area contributed by atoms with Crippen molar-refractivity contribution in [2.24, 2.45) is 0 Å². The number of benzene rings is 2. The second-order valence-corrected chi connectivity index (χ2v) is 8.85. The van der Waals surface area contributed by atoms with Gasteiger partial charge in [0, 0.05) is 48.3 Å². The number of halogens is 2. The Bertz CT molecular complexity index is 813. The molecule has 0 radical (unpaired) electrons. The van der Waals surface area contributed by atoms with Crippen LogP contribution in [0, 0.1) is 0 Å². The highest BCUT2D eigenvalue weighted by molar-refractivity contribution is 6.35. The van der Waals surface area contributed by atoms with Crippen LogP contribution in [0.4, 0.5) is 0 Å². The molecule has 0 bridgehead atoms. The van der Waals surface area contributed by atoms with Crippen LogP contribution < -0.4 is 5.32 Å². The van der Waals surface area contributed by atoms with E-state index in [2.05, 4.69) is 46.3 Å². The molecule has 1 aliphatic rings. The number of carbonyl (C=O) groups is 1. The summed E-state index contributed by atoms with van der Waals surface area (Å²) in [5.74, 6) is 0.0720. The van der Waals surface area contributed by atoms with Crippen molar-refractivity contribution in [3.05, 3.63) is 69.2 Å². The third-order valence-corrected chi connectivity index (χ3v) is 6.38. The molecule has 0 unspecified atom stereocenters. The van der Waals surface area contributed by atoms with Gasteiger partial charge in [-0.2, -0.15) is 0 Å². The van der Waals surface area contributed by atoms with Crippen LogP contribution in [-0.2, 0) is 17.8 Å². The zero-order valence-electron chi connectivity index (χ0n) is 17.8. The van der Waals surface area contributed by atoms with Crippen LogP contribution in [0.1, 0.15) is 43.0 Å². The van der Waals surface area contributed by atoms with Crippen molar-refractivity contribution in [2.75, 3.05) is 32.7 Å². The molecule has 1 saturated heterocycles. The van der Waals surface area contributed by atoms with E-state index in [1.807, 2.05) is 25.1 Å². The first-order valence-electron chi connectivity index (χ1n) is 10.7. The first-order valence-corrected chi connectivity index (χ1v) is 11.5. The van der Waals surface area contributed by atoms with Crippen molar-refractivity contribution in [3.8, 4) is 0 Å². The molecule has 0 spiro atoms. The van der Waals surface area contributed by atoms with Gasteiger partial charge in [-0.05, 0) is 36.6 Å². The molecule has 1 atom stereocenters. The average Bonchev–Trinajstić information content (AvgIpc) is 2.73. The van der Waals surface area contributed by atoms with E-state index in [1.165, 1.54) is 5.56 Å². The van der Waals surface area contributed by atoms with Crippen molar-refractivity contribution >= 4 is 29.1 Å². The van der Waals surface area contributed by atoms with Crippen LogP contribution >= 0.6 is 23.2 Å². The van der Waals surface area contributed by atoms with Gasteiger partial charge in [-0.3, -0.25) is 14.6 Å². The van der Waals surface area contributed by atoms with Crippen LogP contribution in [0.2, 0.25) is 10.0 Å². The molecule has 1 fully saturated rings. The monoisotopic (exact) mass is 447 g/mol. The molecular weight excluding hydrogens is 417 g/mol. The van der Waals surface area contributed by atoms with E-state index in [1.54, 1.807) is 0 Å². The Balaban J connectivity index is 1.43. The Morgan fingerprint density at radius 3 is 2.20 bits per heavy atom. The molecule has 4 nitrogen and oxygen atoms in total. The summed E-state index contributed by atoms with van der Waals surface area (Å²) < 4.78 is 0. The number of rotatable bonds is 8. The van der Waals surface area contributed by atoms with Crippen molar-refractivity contribution in [1.82, 2.24) is 15.1 Å². The van der Waals surface area contributed by atoms with E-state index in [4.69, 9.17) is 23.2 Å². The second-order valence-electron chi connectivity index (χ2n) is 8.03. The first kappa shape index (κ1) is 23.1. The Morgan fingerprint density at radius 1 is 1.00 bits per heavy atom. The SMILES string of the molecule is CCCc1ccc([C@@H](C)NC(=O)CN2CCN(Cc3c(Cl)cccc3Cl)CC2)cc1. The van der Waals surface area contributed by atoms with Crippen LogP contribution in [0.15, 0.2) is 42.5 Å². The molecule has 1 heterocycles. The van der Waals surface area contributed by atoms with Gasteiger partial charge >= 0.3 is 0 Å². The summed E-state index contributed by atoms with van der Waals surface area (Å²) in [5.41, 5.74) is 3.46. The topological polar surface area (TPSA) is 35.6 Å². The van der Waals surface area contributed by atoms with Crippen LogP contribution in [0.5, 0.6) is 0 Å². The predicted octanol–water partition coefficient (Wildman–Crippen LogP) is 4.94. The van der Waals surface area contributed by atoms with E-state index in [-0.39, 0.29) is 11.9 Å². The minimum absolute atomic E-state index is 0.0110. The fourth-order valence-corrected chi connectivity index (χ4v) is 4.36. The van der Waals surface area contributed by atoms with Crippen LogP contribution in [0.25, 0.3) is 0 Å². The fourth-order valence-electron chi connectivity index (χ4n) is 3.85. The number of piperazine rings is 1. The van der Waals surface area contributed by atoms with Gasteiger partial charge in [0.1, 0.15) is 0 Å². The fraction of sp³-hybridized carbons (Fsp3) is 0.458. The molecule has 2 aromatic rings. The highest BCUT2D eigenvalue weighted by atomic mass is 35.5. The van der Waals surface area contributed by atoms with Crippen molar-refractivity contribution in [3.63, 3.8) is 0 Å². The molecule has 1 aliphatic heterocycles. The quantitative estimate of drug-likeness (QED) is 0.622. The number of hydrogen-bond donors (Lipinski definition) is 1. The summed E-state index contributed by atoms with van der Waals surface area (Å²) in [6.45, 7) is 8.89. The summed E-state index contributed by atoms with van der Waals surface area (Å²) in [5, 5.41) is 4.55. The molecule has 0 aromatic heterocycles. The molecule has 1 amide bonds. The minimum Gasteiger partial charge on any atom is -0.348 e. The largest absolute Gasteiger partial charge is 0.348 e. The molecule has 6 heteroatoms. The van der Waals surface area contributed by atoms with Gasteiger partial charge in [0.05, 0.1) is 12.6 Å². The number of hydrogen-bond acceptors (Lipinski definition) is 3. The summed E-state index contributed by atoms with van der Waals surface area (Å²) in [6.07, 6.45) is 2.24. The Labute approximate surface area is 190 Å². The normalized spacial score (nSPS) is 16.4. The molecule has 0 saturated carbocycles. The number of amides is 1. The number of aryl methyl sites for hydroxylation is 1. The van der Waals surface area contributed by atoms with E-state index < -0.39 is 0 Å². The standard InChI is InChI=1S/C24H31Cl2N3O/c1-3-5-19-8-10-20(11-9-19)18(2)27-24(30)17-29-14-12-28(13-15-29)16-21-22(25)6-4-7-23(21)26/h4,6-11,18H,3,5,12-17H2,1-2H3,(H,27,30)/t18-/m1/s1. The van der Waals surface area contributed by atoms with E-state index >= 15 is 0 Å². The summed E-state index contributed by atoms with van der Waals surface area (Å²) >= 11 is 12.6. The summed E-state index contributed by atoms with van der Waals surface area (Å²) in [6, 6.07) is 14.2. The maximum absolute atomic E-state index is 12.5. The van der Waals surface area contributed by atoms with Crippen LogP contribution in [0.3, 0.4) is 0 Å². The lowest BCUT2D eigenvalue weighted by molar-refractivity contribution is -0.123. The van der Waals surface area contributed by atoms with Crippen LogP contribution in [-0.4, -0.2) is 48.4 Å². The lowest BCUT2D eigenvalue weighted by Gasteiger charge is -2.34. The van der Waals surface area contributed by atoms with Gasteiger partial charge in [0.15, 0.2) is 0 Å². The molecule has 30 heavy (non-hydrogen) atoms. The van der Waals surface area contributed by atoms with Crippen molar-refractivity contribution in [2.45, 2.75) is 39.3 Å². The summed E-state index contributed by atoms with van der Waals surface area (Å²) in [4.78, 5) is 17.1. The highest BCUT2D eigenvalue weighted by Gasteiger charge is 2.21. The average molecular weight is 448 g/mol. The lowest BCUT2D eigenvalue weighted by Crippen LogP contribution is -2.49. The molecule has 0 aliphatic carbocycles. The van der Waals surface area contributed by atoms with Gasteiger partial charge in [-0.15, -0.1) is 0 Å². The van der Waals surface area contributed by atoms with Gasteiger partial charge in [-0.25, -0.2) is 0 Å². The number of nitrogens with one attached hydrogen (secondary N) is 1. The van der Waals surface area contributed by atoms with Gasteiger partial charge < -0.3 is 5.32 Å². The third-order valence-electron chi connectivity index (χ3n) is 5.67. The van der Waals surface area contributed by atoms with E-state index in [0.29, 0.717) is 16.6 Å². The summed E-state index contributed by atoms with van der Waals surface area (Å²) in [7, 11) is 0. The number of carbonyl (C=O) groups excluding carboxylic acids is 1. The Hall–Kier alpha value is -1.59. The second kappa shape index (κ2) is 11.1. The van der Waals surface area contributed by atoms with E-state index in [0.717, 1.165) is 56.7 Å². The smallest absolute Gasteiger partial charge is 0.234 e. The van der Waals surface area contributed by atoms with E-state index in [9.17, 15) is 4.79 Å². The van der Waals surface area contributed by atoms with Gasteiger partial charge in [0.2, 0.25) is 5.91 Å². The van der Waals surface area contributed by atoms with Crippen molar-refractivity contribution in [1.29, 1.82) is 0 Å². The number of nitrogens with zero attached hydrogens (tertiary/aromatic N) is 2. The Kier molecular flexibility index (Phi) is 8.58. The van der Waals surface area contributed by atoms with Gasteiger partial charge in [0.25, 0.3) is 0 Å². The zero-order chi connectivity index (χ0) is 21.5. The third kappa shape index (κ3) is 6.45. The maximum Gasteiger partial charge on any atom is 0.234 e. The predicted molar refractivity (Wildman–Crippen MR) is 125 cm³/mol. The van der Waals surface area contributed by atoms with Gasteiger partial charge in [-0.1, -0.05) is 66.9 Å². The Morgan fingerprint density at radius 2 is 1.60 bits per heavy atom. The maximum atomic E-state index is 12.5. The lowest BCUT2D eigenvalue weighted by atomic mass is 10.0. The minimum atomic E-state index is 0.0110. The molecule has 2 aromatic carbocycles. The van der Waals surface area contributed by atoms with Crippen molar-refractivity contribution < 1.29 is 4.79 Å². The highest BCUT2D eigenvalue weighted by Crippen LogP contribution is 2.26.